The molecule has 0 spiro atoms. The lowest BCUT2D eigenvalue weighted by molar-refractivity contribution is -0.210. The van der Waals surface area contributed by atoms with Gasteiger partial charge in [0.2, 0.25) is 0 Å². The van der Waals surface area contributed by atoms with Crippen molar-refractivity contribution in [3.05, 3.63) is 0 Å². The first-order valence-electron chi connectivity index (χ1n) is 7.13. The summed E-state index contributed by atoms with van der Waals surface area (Å²) in [4.78, 5) is 0. The summed E-state index contributed by atoms with van der Waals surface area (Å²) in [6.45, 7) is 2.96. The summed E-state index contributed by atoms with van der Waals surface area (Å²) < 4.78 is 5.69. The van der Waals surface area contributed by atoms with E-state index in [1.165, 1.54) is 38.5 Å². The predicted octanol–water partition coefficient (Wildman–Crippen LogP) is 4.02. The van der Waals surface area contributed by atoms with Crippen molar-refractivity contribution in [2.24, 2.45) is 0 Å². The van der Waals surface area contributed by atoms with Gasteiger partial charge in [-0.1, -0.05) is 45.4 Å². The Balaban J connectivity index is 2.05. The molecule has 0 amide bonds. The first kappa shape index (κ1) is 14.0. The number of rotatable bonds is 7. The largest absolute Gasteiger partial charge is 0.365 e. The molecule has 1 fully saturated rings. The molecule has 96 valence electrons. The quantitative estimate of drug-likeness (QED) is 0.405. The van der Waals surface area contributed by atoms with Crippen LogP contribution in [-0.4, -0.2) is 17.5 Å². The van der Waals surface area contributed by atoms with Crippen LogP contribution in [-0.2, 0) is 4.74 Å². The summed E-state index contributed by atoms with van der Waals surface area (Å²) in [6.07, 6.45) is 12.7. The highest BCUT2D eigenvalue weighted by molar-refractivity contribution is 4.71. The van der Waals surface area contributed by atoms with Gasteiger partial charge in [-0.25, -0.2) is 0 Å². The molecule has 0 aromatic heterocycles. The Hall–Kier alpha value is -0.0800. The molecule has 0 bridgehead atoms. The van der Waals surface area contributed by atoms with Crippen LogP contribution in [0.3, 0.4) is 0 Å². The highest BCUT2D eigenvalue weighted by atomic mass is 16.6. The third kappa shape index (κ3) is 5.86. The molecular formula is C14H28O2. The molecule has 1 saturated carbocycles. The van der Waals surface area contributed by atoms with Crippen LogP contribution >= 0.6 is 0 Å². The molecule has 0 radical (unpaired) electrons. The molecule has 2 heteroatoms. The minimum Gasteiger partial charge on any atom is -0.365 e. The van der Waals surface area contributed by atoms with Crippen molar-refractivity contribution in [3.63, 3.8) is 0 Å². The number of ether oxygens (including phenoxy) is 1. The van der Waals surface area contributed by atoms with E-state index >= 15 is 0 Å². The molecule has 0 heterocycles. The highest BCUT2D eigenvalue weighted by Crippen LogP contribution is 2.28. The summed E-state index contributed by atoms with van der Waals surface area (Å²) in [5, 5.41) is 10.2. The molecule has 16 heavy (non-hydrogen) atoms. The van der Waals surface area contributed by atoms with Crippen molar-refractivity contribution in [1.29, 1.82) is 0 Å². The van der Waals surface area contributed by atoms with Crippen LogP contribution in [0.4, 0.5) is 0 Å². The van der Waals surface area contributed by atoms with Gasteiger partial charge in [-0.3, -0.25) is 0 Å². The van der Waals surface area contributed by atoms with Crippen LogP contribution < -0.4 is 0 Å². The van der Waals surface area contributed by atoms with Gasteiger partial charge in [0.05, 0.1) is 6.61 Å². The molecule has 1 aliphatic carbocycles. The summed E-state index contributed by atoms with van der Waals surface area (Å²) in [5.41, 5.74) is 0. The maximum Gasteiger partial charge on any atom is 0.165 e. The average molecular weight is 228 g/mol. The topological polar surface area (TPSA) is 29.5 Å². The fourth-order valence-electron chi connectivity index (χ4n) is 2.39. The normalized spacial score (nSPS) is 20.6. The molecule has 1 rings (SSSR count). The van der Waals surface area contributed by atoms with Gasteiger partial charge in [0.1, 0.15) is 0 Å². The van der Waals surface area contributed by atoms with Gasteiger partial charge in [0.25, 0.3) is 0 Å². The van der Waals surface area contributed by atoms with Crippen LogP contribution in [0.25, 0.3) is 0 Å². The van der Waals surface area contributed by atoms with Crippen LogP contribution in [0.1, 0.15) is 77.6 Å². The maximum atomic E-state index is 10.2. The van der Waals surface area contributed by atoms with E-state index in [0.29, 0.717) is 0 Å². The Morgan fingerprint density at radius 1 is 0.938 bits per heavy atom. The molecule has 2 nitrogen and oxygen atoms in total. The lowest BCUT2D eigenvalue weighted by Gasteiger charge is -2.26. The van der Waals surface area contributed by atoms with E-state index in [2.05, 4.69) is 6.92 Å². The third-order valence-corrected chi connectivity index (χ3v) is 3.50. The Kier molecular flexibility index (Phi) is 7.06. The monoisotopic (exact) mass is 228 g/mol. The standard InChI is InChI=1S/C14H28O2/c1-2-3-4-7-10-13-16-14(15)11-8-5-6-9-12-14/h15H,2-13H2,1H3. The van der Waals surface area contributed by atoms with Crippen LogP contribution in [0.15, 0.2) is 0 Å². The Morgan fingerprint density at radius 2 is 1.56 bits per heavy atom. The van der Waals surface area contributed by atoms with Crippen LogP contribution in [0.5, 0.6) is 0 Å². The maximum absolute atomic E-state index is 10.2. The van der Waals surface area contributed by atoms with Gasteiger partial charge >= 0.3 is 0 Å². The van der Waals surface area contributed by atoms with Gasteiger partial charge in [-0.05, 0) is 19.3 Å². The molecule has 0 aromatic rings. The number of unbranched alkanes of at least 4 members (excludes halogenated alkanes) is 4. The lowest BCUT2D eigenvalue weighted by atomic mass is 10.1. The summed E-state index contributed by atoms with van der Waals surface area (Å²) in [5.74, 6) is -0.790. The zero-order chi connectivity index (χ0) is 11.7. The minimum absolute atomic E-state index is 0.736. The van der Waals surface area contributed by atoms with Gasteiger partial charge in [0, 0.05) is 12.8 Å². The molecule has 0 atom stereocenters. The first-order chi connectivity index (χ1) is 7.77. The predicted molar refractivity (Wildman–Crippen MR) is 67.4 cm³/mol. The molecule has 0 unspecified atom stereocenters. The first-order valence-corrected chi connectivity index (χ1v) is 7.13. The summed E-state index contributed by atoms with van der Waals surface area (Å²) in [7, 11) is 0. The smallest absolute Gasteiger partial charge is 0.165 e. The second-order valence-electron chi connectivity index (χ2n) is 5.12. The zero-order valence-corrected chi connectivity index (χ0v) is 10.8. The number of hydrogen-bond acceptors (Lipinski definition) is 2. The Bertz CT molecular complexity index is 160. The third-order valence-electron chi connectivity index (χ3n) is 3.50. The Labute approximate surface area is 100 Å². The lowest BCUT2D eigenvalue weighted by Crippen LogP contribution is -2.31. The second kappa shape index (κ2) is 8.08. The van der Waals surface area contributed by atoms with Gasteiger partial charge in [-0.15, -0.1) is 0 Å². The van der Waals surface area contributed by atoms with E-state index in [1.54, 1.807) is 0 Å². The van der Waals surface area contributed by atoms with Gasteiger partial charge in [-0.2, -0.15) is 0 Å². The van der Waals surface area contributed by atoms with Crippen molar-refractivity contribution in [2.75, 3.05) is 6.61 Å². The summed E-state index contributed by atoms with van der Waals surface area (Å²) >= 11 is 0. The SMILES string of the molecule is CCCCCCCOC1(O)CCCCCC1. The fourth-order valence-corrected chi connectivity index (χ4v) is 2.39. The Morgan fingerprint density at radius 3 is 2.19 bits per heavy atom. The summed E-state index contributed by atoms with van der Waals surface area (Å²) in [6, 6.07) is 0. The van der Waals surface area contributed by atoms with E-state index in [9.17, 15) is 5.11 Å². The number of aliphatic hydroxyl groups is 1. The van der Waals surface area contributed by atoms with Crippen molar-refractivity contribution < 1.29 is 9.84 Å². The van der Waals surface area contributed by atoms with E-state index in [4.69, 9.17) is 4.74 Å². The second-order valence-corrected chi connectivity index (χ2v) is 5.12. The van der Waals surface area contributed by atoms with Crippen LogP contribution in [0, 0.1) is 0 Å². The van der Waals surface area contributed by atoms with E-state index < -0.39 is 5.79 Å². The highest BCUT2D eigenvalue weighted by Gasteiger charge is 2.28. The van der Waals surface area contributed by atoms with E-state index in [1.807, 2.05) is 0 Å². The van der Waals surface area contributed by atoms with E-state index in [-0.39, 0.29) is 0 Å². The van der Waals surface area contributed by atoms with E-state index in [0.717, 1.165) is 38.7 Å². The minimum atomic E-state index is -0.790. The van der Waals surface area contributed by atoms with Crippen molar-refractivity contribution >= 4 is 0 Å². The molecule has 1 aliphatic rings. The zero-order valence-electron chi connectivity index (χ0n) is 10.8. The van der Waals surface area contributed by atoms with Crippen molar-refractivity contribution in [3.8, 4) is 0 Å². The van der Waals surface area contributed by atoms with Gasteiger partial charge in [0.15, 0.2) is 5.79 Å². The molecule has 1 N–H and O–H groups in total. The fraction of sp³-hybridized carbons (Fsp3) is 1.00. The van der Waals surface area contributed by atoms with Gasteiger partial charge < -0.3 is 9.84 Å². The molecular weight excluding hydrogens is 200 g/mol. The van der Waals surface area contributed by atoms with Crippen molar-refractivity contribution in [1.82, 2.24) is 0 Å². The average Bonchev–Trinajstić information content (AvgIpc) is 2.49. The molecule has 0 aliphatic heterocycles. The molecule has 0 aromatic carbocycles. The molecule has 0 saturated heterocycles. The van der Waals surface area contributed by atoms with Crippen molar-refractivity contribution in [2.45, 2.75) is 83.3 Å². The van der Waals surface area contributed by atoms with Crippen LogP contribution in [0.2, 0.25) is 0 Å². The number of hydrogen-bond donors (Lipinski definition) is 1.